The minimum absolute atomic E-state index is 0.0287. The summed E-state index contributed by atoms with van der Waals surface area (Å²) in [6.45, 7) is -0.167. The van der Waals surface area contributed by atoms with E-state index in [2.05, 4.69) is 14.8 Å². The molecule has 1 aliphatic heterocycles. The van der Waals surface area contributed by atoms with E-state index in [0.717, 1.165) is 10.9 Å². The fourth-order valence-corrected chi connectivity index (χ4v) is 3.72. The van der Waals surface area contributed by atoms with Gasteiger partial charge in [-0.2, -0.15) is 18.3 Å². The van der Waals surface area contributed by atoms with Crippen molar-refractivity contribution in [1.82, 2.24) is 19.5 Å². The highest BCUT2D eigenvalue weighted by atomic mass is 32.1. The van der Waals surface area contributed by atoms with Crippen molar-refractivity contribution in [3.8, 4) is 16.9 Å². The van der Waals surface area contributed by atoms with E-state index in [1.807, 2.05) is 24.4 Å². The molecule has 1 amide bonds. The first kappa shape index (κ1) is 16.9. The molecule has 0 spiro atoms. The van der Waals surface area contributed by atoms with Crippen molar-refractivity contribution in [2.24, 2.45) is 5.92 Å². The predicted molar refractivity (Wildman–Crippen MR) is 93.3 cm³/mol. The lowest BCUT2D eigenvalue weighted by molar-refractivity contribution is -0.119. The van der Waals surface area contributed by atoms with Gasteiger partial charge in [0.2, 0.25) is 5.91 Å². The number of nitrogens with one attached hydrogen (secondary N) is 1. The fraction of sp³-hybridized carbons (Fsp3) is 0.353. The number of carbonyl (C=O) groups is 1. The summed E-state index contributed by atoms with van der Waals surface area (Å²) in [6, 6.07) is 3.64. The molecule has 1 saturated heterocycles. The molecule has 9 heteroatoms. The minimum Gasteiger partial charge on any atom is -0.490 e. The van der Waals surface area contributed by atoms with Gasteiger partial charge in [0.1, 0.15) is 11.9 Å². The Kier molecular flexibility index (Phi) is 4.31. The molecule has 6 nitrogen and oxygen atoms in total. The van der Waals surface area contributed by atoms with Crippen molar-refractivity contribution in [2.45, 2.75) is 26.0 Å². The lowest BCUT2D eigenvalue weighted by atomic mass is 10.0. The molecule has 1 fully saturated rings. The van der Waals surface area contributed by atoms with Crippen molar-refractivity contribution < 1.29 is 18.3 Å². The Morgan fingerprint density at radius 2 is 2.23 bits per heavy atom. The van der Waals surface area contributed by atoms with Gasteiger partial charge in [-0.05, 0) is 36.2 Å². The minimum atomic E-state index is -2.69. The van der Waals surface area contributed by atoms with Gasteiger partial charge in [-0.1, -0.05) is 0 Å². The Labute approximate surface area is 151 Å². The molecule has 3 aromatic rings. The zero-order valence-corrected chi connectivity index (χ0v) is 14.7. The summed E-state index contributed by atoms with van der Waals surface area (Å²) in [5.74, 6) is 0.748. The van der Waals surface area contributed by atoms with Crippen molar-refractivity contribution >= 4 is 28.3 Å². The maximum atomic E-state index is 12.8. The molecule has 0 saturated carbocycles. The maximum Gasteiger partial charge on any atom is 0.333 e. The Morgan fingerprint density at radius 1 is 1.38 bits per heavy atom. The van der Waals surface area contributed by atoms with Crippen molar-refractivity contribution in [3.05, 3.63) is 29.9 Å². The number of aromatic nitrogens is 3. The molecule has 26 heavy (non-hydrogen) atoms. The van der Waals surface area contributed by atoms with E-state index in [-0.39, 0.29) is 17.9 Å². The summed E-state index contributed by atoms with van der Waals surface area (Å²) in [5, 5.41) is 9.25. The van der Waals surface area contributed by atoms with Crippen LogP contribution >= 0.6 is 11.5 Å². The zero-order valence-electron chi connectivity index (χ0n) is 13.9. The highest BCUT2D eigenvalue weighted by Crippen LogP contribution is 2.35. The molecule has 1 aromatic carbocycles. The summed E-state index contributed by atoms with van der Waals surface area (Å²) in [5.41, 5.74) is 2.01. The summed E-state index contributed by atoms with van der Waals surface area (Å²) in [6.07, 6.45) is 2.96. The van der Waals surface area contributed by atoms with Crippen LogP contribution in [0.4, 0.5) is 8.78 Å². The topological polar surface area (TPSA) is 69.0 Å². The fourth-order valence-electron chi connectivity index (χ4n) is 3.06. The van der Waals surface area contributed by atoms with Gasteiger partial charge in [-0.15, -0.1) is 0 Å². The number of fused-ring (bicyclic) bond motifs is 1. The second-order valence-corrected chi connectivity index (χ2v) is 6.93. The average Bonchev–Trinajstić information content (AvgIpc) is 3.34. The van der Waals surface area contributed by atoms with Gasteiger partial charge in [0, 0.05) is 36.0 Å². The van der Waals surface area contributed by atoms with Crippen LogP contribution < -0.4 is 10.1 Å². The standard InChI is InChI=1S/C17H16F2N4O2S/c1-9(11-4-16(24)20-5-11)25-15-3-10(2-14-13(15)8-26-22-14)12-6-21-23(7-12)17(18)19/h2-3,6-9,11,17H,4-5H2,1H3,(H,20,24)/t9-,11-/m1/s1. The van der Waals surface area contributed by atoms with Gasteiger partial charge in [-0.3, -0.25) is 4.79 Å². The van der Waals surface area contributed by atoms with Crippen LogP contribution in [0.3, 0.4) is 0 Å². The van der Waals surface area contributed by atoms with Crippen LogP contribution in [0, 0.1) is 5.92 Å². The van der Waals surface area contributed by atoms with E-state index in [1.54, 1.807) is 0 Å². The molecular formula is C17H16F2N4O2S. The van der Waals surface area contributed by atoms with Crippen molar-refractivity contribution in [3.63, 3.8) is 0 Å². The highest BCUT2D eigenvalue weighted by molar-refractivity contribution is 7.04. The normalized spacial score (nSPS) is 18.5. The molecule has 0 radical (unpaired) electrons. The Morgan fingerprint density at radius 3 is 2.92 bits per heavy atom. The number of nitrogens with zero attached hydrogens (tertiary/aromatic N) is 3. The average molecular weight is 378 g/mol. The zero-order chi connectivity index (χ0) is 18.3. The highest BCUT2D eigenvalue weighted by Gasteiger charge is 2.28. The first-order chi connectivity index (χ1) is 12.5. The smallest absolute Gasteiger partial charge is 0.333 e. The van der Waals surface area contributed by atoms with Crippen LogP contribution in [-0.2, 0) is 4.79 Å². The molecule has 2 atom stereocenters. The van der Waals surface area contributed by atoms with Crippen LogP contribution in [0.5, 0.6) is 5.75 Å². The number of benzene rings is 1. The van der Waals surface area contributed by atoms with Gasteiger partial charge in [0.15, 0.2) is 0 Å². The van der Waals surface area contributed by atoms with Crippen LogP contribution in [-0.4, -0.2) is 32.7 Å². The summed E-state index contributed by atoms with van der Waals surface area (Å²) in [4.78, 5) is 11.4. The third kappa shape index (κ3) is 3.14. The van der Waals surface area contributed by atoms with E-state index in [0.29, 0.717) is 34.5 Å². The lowest BCUT2D eigenvalue weighted by Gasteiger charge is -2.20. The Bertz CT molecular complexity index is 955. The van der Waals surface area contributed by atoms with Crippen molar-refractivity contribution in [2.75, 3.05) is 6.54 Å². The first-order valence-corrected chi connectivity index (χ1v) is 8.99. The summed E-state index contributed by atoms with van der Waals surface area (Å²) < 4.78 is 36.7. The number of hydrogen-bond acceptors (Lipinski definition) is 5. The lowest BCUT2D eigenvalue weighted by Crippen LogP contribution is -2.25. The molecule has 0 bridgehead atoms. The van der Waals surface area contributed by atoms with Gasteiger partial charge >= 0.3 is 6.55 Å². The second kappa shape index (κ2) is 6.64. The SMILES string of the molecule is C[C@@H](Oc1cc(-c2cnn(C(F)F)c2)cc2nscc12)[C@H]1CNC(=O)C1. The quantitative estimate of drug-likeness (QED) is 0.738. The Balaban J connectivity index is 1.67. The molecule has 0 unspecified atom stereocenters. The van der Waals surface area contributed by atoms with E-state index < -0.39 is 6.55 Å². The van der Waals surface area contributed by atoms with E-state index >= 15 is 0 Å². The van der Waals surface area contributed by atoms with E-state index in [4.69, 9.17) is 4.74 Å². The van der Waals surface area contributed by atoms with Crippen LogP contribution in [0.15, 0.2) is 29.9 Å². The maximum absolute atomic E-state index is 12.8. The molecule has 2 aromatic heterocycles. The van der Waals surface area contributed by atoms with E-state index in [9.17, 15) is 13.6 Å². The van der Waals surface area contributed by atoms with Crippen LogP contribution in [0.2, 0.25) is 0 Å². The molecule has 4 rings (SSSR count). The molecule has 1 aliphatic rings. The molecule has 0 aliphatic carbocycles. The first-order valence-electron chi connectivity index (χ1n) is 8.15. The monoisotopic (exact) mass is 378 g/mol. The van der Waals surface area contributed by atoms with Gasteiger partial charge < -0.3 is 10.1 Å². The number of amides is 1. The number of rotatable bonds is 5. The third-order valence-corrected chi connectivity index (χ3v) is 5.21. The number of halogens is 2. The predicted octanol–water partition coefficient (Wildman–Crippen LogP) is 3.46. The number of hydrogen-bond donors (Lipinski definition) is 1. The Hall–Kier alpha value is -2.55. The van der Waals surface area contributed by atoms with Crippen LogP contribution in [0.25, 0.3) is 22.0 Å². The largest absolute Gasteiger partial charge is 0.490 e. The van der Waals surface area contributed by atoms with Gasteiger partial charge in [0.25, 0.3) is 0 Å². The summed E-state index contributed by atoms with van der Waals surface area (Å²) >= 11 is 1.30. The molecule has 136 valence electrons. The van der Waals surface area contributed by atoms with Gasteiger partial charge in [-0.25, -0.2) is 4.68 Å². The van der Waals surface area contributed by atoms with E-state index in [1.165, 1.54) is 23.9 Å². The summed E-state index contributed by atoms with van der Waals surface area (Å²) in [7, 11) is 0. The number of ether oxygens (including phenoxy) is 1. The molecule has 1 N–H and O–H groups in total. The number of alkyl halides is 2. The van der Waals surface area contributed by atoms with Crippen molar-refractivity contribution in [1.29, 1.82) is 0 Å². The van der Waals surface area contributed by atoms with Crippen LogP contribution in [0.1, 0.15) is 19.9 Å². The molecule has 3 heterocycles. The van der Waals surface area contributed by atoms with Gasteiger partial charge in [0.05, 0.1) is 17.1 Å². The number of carbonyl (C=O) groups excluding carboxylic acids is 1. The third-order valence-electron chi connectivity index (χ3n) is 4.56. The molecular weight excluding hydrogens is 362 g/mol. The second-order valence-electron chi connectivity index (χ2n) is 6.30.